The molecule has 0 aliphatic rings. The first kappa shape index (κ1) is 28.3. The molecule has 2 amide bonds. The van der Waals surface area contributed by atoms with Crippen molar-refractivity contribution in [2.45, 2.75) is 24.4 Å². The van der Waals surface area contributed by atoms with E-state index in [-0.39, 0.29) is 11.4 Å². The van der Waals surface area contributed by atoms with Crippen LogP contribution in [0.2, 0.25) is 10.0 Å². The monoisotopic (exact) mass is 563 g/mol. The van der Waals surface area contributed by atoms with Crippen molar-refractivity contribution in [2.24, 2.45) is 0 Å². The number of ether oxygens (including phenoxy) is 1. The van der Waals surface area contributed by atoms with Gasteiger partial charge in [-0.1, -0.05) is 47.5 Å². The van der Waals surface area contributed by atoms with Gasteiger partial charge in [-0.3, -0.25) is 13.9 Å². The van der Waals surface area contributed by atoms with E-state index in [2.05, 4.69) is 5.32 Å². The number of para-hydroxylation sites is 1. The highest BCUT2D eigenvalue weighted by Gasteiger charge is 2.32. The van der Waals surface area contributed by atoms with Crippen LogP contribution in [-0.2, 0) is 26.2 Å². The molecule has 0 saturated heterocycles. The zero-order chi connectivity index (χ0) is 27.2. The van der Waals surface area contributed by atoms with Crippen LogP contribution in [0.25, 0.3) is 0 Å². The van der Waals surface area contributed by atoms with Crippen LogP contribution in [0.1, 0.15) is 12.5 Å². The Morgan fingerprint density at radius 2 is 1.62 bits per heavy atom. The summed E-state index contributed by atoms with van der Waals surface area (Å²) in [6.07, 6.45) is 0. The molecule has 11 heteroatoms. The van der Waals surface area contributed by atoms with E-state index in [4.69, 9.17) is 27.9 Å². The molecule has 1 atom stereocenters. The number of hydrogen-bond donors (Lipinski definition) is 1. The highest BCUT2D eigenvalue weighted by Crippen LogP contribution is 2.27. The molecule has 3 aromatic carbocycles. The predicted molar refractivity (Wildman–Crippen MR) is 145 cm³/mol. The van der Waals surface area contributed by atoms with Crippen LogP contribution in [0, 0.1) is 0 Å². The van der Waals surface area contributed by atoms with Crippen LogP contribution in [0.5, 0.6) is 5.75 Å². The maximum atomic E-state index is 13.7. The minimum Gasteiger partial charge on any atom is -0.497 e. The van der Waals surface area contributed by atoms with Gasteiger partial charge in [-0.25, -0.2) is 8.42 Å². The van der Waals surface area contributed by atoms with Gasteiger partial charge in [-0.05, 0) is 61.0 Å². The first-order chi connectivity index (χ1) is 17.6. The summed E-state index contributed by atoms with van der Waals surface area (Å²) in [5, 5.41) is 3.18. The Bertz CT molecular complexity index is 1350. The lowest BCUT2D eigenvalue weighted by Gasteiger charge is -2.31. The minimum absolute atomic E-state index is 0.00945. The van der Waals surface area contributed by atoms with Gasteiger partial charge in [-0.2, -0.15) is 0 Å². The van der Waals surface area contributed by atoms with Gasteiger partial charge in [0.15, 0.2) is 0 Å². The lowest BCUT2D eigenvalue weighted by Crippen LogP contribution is -2.50. The summed E-state index contributed by atoms with van der Waals surface area (Å²) in [6, 6.07) is 18.2. The van der Waals surface area contributed by atoms with Gasteiger partial charge in [0.05, 0.1) is 27.7 Å². The maximum Gasteiger partial charge on any atom is 0.264 e. The van der Waals surface area contributed by atoms with Crippen LogP contribution >= 0.6 is 23.2 Å². The third-order valence-electron chi connectivity index (χ3n) is 5.72. The number of likely N-dealkylation sites (N-methyl/N-ethyl adjacent to an activating group) is 1. The molecule has 0 aliphatic carbocycles. The van der Waals surface area contributed by atoms with Crippen molar-refractivity contribution in [2.75, 3.05) is 25.0 Å². The van der Waals surface area contributed by atoms with E-state index >= 15 is 0 Å². The number of halogens is 2. The van der Waals surface area contributed by atoms with E-state index in [1.165, 1.54) is 43.3 Å². The molecule has 0 aliphatic heterocycles. The van der Waals surface area contributed by atoms with Gasteiger partial charge in [0, 0.05) is 13.6 Å². The molecular formula is C26H27Cl2N3O5S. The summed E-state index contributed by atoms with van der Waals surface area (Å²) in [7, 11) is -1.21. The molecule has 196 valence electrons. The normalized spacial score (nSPS) is 11.9. The predicted octanol–water partition coefficient (Wildman–Crippen LogP) is 4.36. The summed E-state index contributed by atoms with van der Waals surface area (Å²) in [4.78, 5) is 27.5. The van der Waals surface area contributed by atoms with Gasteiger partial charge < -0.3 is 15.0 Å². The molecule has 0 radical (unpaired) electrons. The van der Waals surface area contributed by atoms with Gasteiger partial charge in [0.25, 0.3) is 10.0 Å². The lowest BCUT2D eigenvalue weighted by molar-refractivity contribution is -0.139. The van der Waals surface area contributed by atoms with E-state index in [1.807, 2.05) is 0 Å². The van der Waals surface area contributed by atoms with Crippen LogP contribution < -0.4 is 14.4 Å². The fraction of sp³-hybridized carbons (Fsp3) is 0.231. The van der Waals surface area contributed by atoms with Crippen molar-refractivity contribution in [3.05, 3.63) is 88.4 Å². The van der Waals surface area contributed by atoms with E-state index < -0.39 is 34.4 Å². The number of nitrogens with one attached hydrogen (secondary N) is 1. The fourth-order valence-electron chi connectivity index (χ4n) is 3.62. The Labute approximate surface area is 226 Å². The Kier molecular flexibility index (Phi) is 9.42. The highest BCUT2D eigenvalue weighted by molar-refractivity contribution is 7.92. The number of nitrogens with zero attached hydrogens (tertiary/aromatic N) is 2. The molecule has 0 heterocycles. The van der Waals surface area contributed by atoms with Crippen LogP contribution in [0.4, 0.5) is 5.69 Å². The molecule has 37 heavy (non-hydrogen) atoms. The Hall–Kier alpha value is -3.27. The number of rotatable bonds is 10. The van der Waals surface area contributed by atoms with Crippen molar-refractivity contribution in [1.29, 1.82) is 0 Å². The topological polar surface area (TPSA) is 96.0 Å². The molecular weight excluding hydrogens is 537 g/mol. The number of hydrogen-bond acceptors (Lipinski definition) is 5. The van der Waals surface area contributed by atoms with E-state index in [0.717, 1.165) is 4.31 Å². The third-order valence-corrected chi connectivity index (χ3v) is 8.25. The second-order valence-electron chi connectivity index (χ2n) is 8.08. The molecule has 8 nitrogen and oxygen atoms in total. The van der Waals surface area contributed by atoms with Crippen molar-refractivity contribution >= 4 is 50.7 Å². The summed E-state index contributed by atoms with van der Waals surface area (Å²) >= 11 is 12.2. The molecule has 1 unspecified atom stereocenters. The highest BCUT2D eigenvalue weighted by atomic mass is 35.5. The molecule has 0 spiro atoms. The summed E-state index contributed by atoms with van der Waals surface area (Å²) in [6.45, 7) is 1.04. The fourth-order valence-corrected chi connectivity index (χ4v) is 5.36. The quantitative estimate of drug-likeness (QED) is 0.395. The van der Waals surface area contributed by atoms with E-state index in [9.17, 15) is 18.0 Å². The number of benzene rings is 3. The van der Waals surface area contributed by atoms with Crippen molar-refractivity contribution < 1.29 is 22.7 Å². The molecule has 3 aromatic rings. The lowest BCUT2D eigenvalue weighted by atomic mass is 10.1. The molecule has 0 aromatic heterocycles. The SMILES string of the molecule is CNC(=O)C(C)N(Cc1ccc(Cl)c(Cl)c1)C(=O)CN(c1ccccc1)S(=O)(=O)c1ccc(OC)cc1. The smallest absolute Gasteiger partial charge is 0.264 e. The minimum atomic E-state index is -4.15. The largest absolute Gasteiger partial charge is 0.497 e. The van der Waals surface area contributed by atoms with Crippen molar-refractivity contribution in [3.8, 4) is 5.75 Å². The van der Waals surface area contributed by atoms with Crippen molar-refractivity contribution in [1.82, 2.24) is 10.2 Å². The van der Waals surface area contributed by atoms with Gasteiger partial charge >= 0.3 is 0 Å². The number of carbonyl (C=O) groups excluding carboxylic acids is 2. The molecule has 0 saturated carbocycles. The van der Waals surface area contributed by atoms with Crippen LogP contribution in [0.3, 0.4) is 0 Å². The summed E-state index contributed by atoms with van der Waals surface area (Å²) in [5.74, 6) is -0.491. The Morgan fingerprint density at radius 3 is 2.19 bits per heavy atom. The third kappa shape index (κ3) is 6.74. The number of carbonyl (C=O) groups is 2. The number of anilines is 1. The molecule has 1 N–H and O–H groups in total. The van der Waals surface area contributed by atoms with Gasteiger partial charge in [-0.15, -0.1) is 0 Å². The average molecular weight is 564 g/mol. The Morgan fingerprint density at radius 1 is 0.973 bits per heavy atom. The van der Waals surface area contributed by atoms with Gasteiger partial charge in [0.2, 0.25) is 11.8 Å². The Balaban J connectivity index is 2.01. The molecule has 3 rings (SSSR count). The average Bonchev–Trinajstić information content (AvgIpc) is 2.91. The van der Waals surface area contributed by atoms with E-state index in [0.29, 0.717) is 27.0 Å². The second-order valence-corrected chi connectivity index (χ2v) is 10.8. The number of sulfonamides is 1. The van der Waals surface area contributed by atoms with Crippen LogP contribution in [-0.4, -0.2) is 51.9 Å². The van der Waals surface area contributed by atoms with Crippen LogP contribution in [0.15, 0.2) is 77.7 Å². The standard InChI is InChI=1S/C26H27Cl2N3O5S/c1-18(26(33)29-2)30(16-19-9-14-23(27)24(28)15-19)25(32)17-31(20-7-5-4-6-8-20)37(34,35)22-12-10-21(36-3)11-13-22/h4-15,18H,16-17H2,1-3H3,(H,29,33). The molecule has 0 fully saturated rings. The maximum absolute atomic E-state index is 13.7. The molecule has 0 bridgehead atoms. The zero-order valence-electron chi connectivity index (χ0n) is 20.5. The first-order valence-electron chi connectivity index (χ1n) is 11.2. The zero-order valence-corrected chi connectivity index (χ0v) is 22.8. The number of methoxy groups -OCH3 is 1. The van der Waals surface area contributed by atoms with E-state index in [1.54, 1.807) is 55.5 Å². The summed E-state index contributed by atoms with van der Waals surface area (Å²) in [5.41, 5.74) is 0.927. The van der Waals surface area contributed by atoms with Crippen molar-refractivity contribution in [3.63, 3.8) is 0 Å². The second kappa shape index (κ2) is 12.3. The summed E-state index contributed by atoms with van der Waals surface area (Å²) < 4.78 is 33.5. The first-order valence-corrected chi connectivity index (χ1v) is 13.4. The number of amides is 2. The van der Waals surface area contributed by atoms with Gasteiger partial charge in [0.1, 0.15) is 18.3 Å².